The Balaban J connectivity index is 2.09. The molecule has 102 valence electrons. The van der Waals surface area contributed by atoms with Crippen LogP contribution >= 0.6 is 27.5 Å². The Kier molecular flexibility index (Phi) is 5.34. The number of hydrogen-bond acceptors (Lipinski definition) is 2. The van der Waals surface area contributed by atoms with Gasteiger partial charge in [-0.25, -0.2) is 0 Å². The van der Waals surface area contributed by atoms with E-state index in [1.807, 2.05) is 42.5 Å². The summed E-state index contributed by atoms with van der Waals surface area (Å²) in [6, 6.07) is 13.4. The van der Waals surface area contributed by atoms with Crippen molar-refractivity contribution in [2.75, 3.05) is 11.9 Å². The molecule has 0 radical (unpaired) electrons. The Morgan fingerprint density at radius 3 is 2.80 bits per heavy atom. The van der Waals surface area contributed by atoms with Crippen LogP contribution in [0.3, 0.4) is 0 Å². The van der Waals surface area contributed by atoms with E-state index in [0.717, 1.165) is 21.5 Å². The van der Waals surface area contributed by atoms with Gasteiger partial charge in [-0.1, -0.05) is 35.7 Å². The van der Waals surface area contributed by atoms with Crippen LogP contribution in [0.5, 0.6) is 5.75 Å². The van der Waals surface area contributed by atoms with Crippen LogP contribution in [0.2, 0.25) is 5.02 Å². The summed E-state index contributed by atoms with van der Waals surface area (Å²) in [4.78, 5) is 0. The molecule has 0 unspecified atom stereocenters. The summed E-state index contributed by atoms with van der Waals surface area (Å²) >= 11 is 9.40. The third-order valence-corrected chi connectivity index (χ3v) is 3.58. The number of benzene rings is 2. The number of anilines is 1. The highest BCUT2D eigenvalue weighted by atomic mass is 79.9. The van der Waals surface area contributed by atoms with Gasteiger partial charge < -0.3 is 10.1 Å². The Morgan fingerprint density at radius 2 is 2.05 bits per heavy atom. The molecular weight excluding hydrogens is 338 g/mol. The minimum absolute atomic E-state index is 0.266. The van der Waals surface area contributed by atoms with Crippen molar-refractivity contribution in [2.45, 2.75) is 6.54 Å². The van der Waals surface area contributed by atoms with E-state index in [0.29, 0.717) is 11.6 Å². The van der Waals surface area contributed by atoms with Gasteiger partial charge in [0.1, 0.15) is 12.4 Å². The van der Waals surface area contributed by atoms with Crippen molar-refractivity contribution in [3.8, 4) is 18.1 Å². The van der Waals surface area contributed by atoms with Gasteiger partial charge >= 0.3 is 0 Å². The third kappa shape index (κ3) is 3.93. The molecule has 0 amide bonds. The Hall–Kier alpha value is -1.63. The molecular formula is C16H13BrClNO. The van der Waals surface area contributed by atoms with Crippen molar-refractivity contribution in [3.05, 3.63) is 57.5 Å². The maximum Gasteiger partial charge on any atom is 0.148 e. The van der Waals surface area contributed by atoms with E-state index in [1.54, 1.807) is 0 Å². The van der Waals surface area contributed by atoms with Gasteiger partial charge in [0.05, 0.1) is 0 Å². The smallest absolute Gasteiger partial charge is 0.148 e. The second-order valence-electron chi connectivity index (χ2n) is 4.08. The van der Waals surface area contributed by atoms with Crippen LogP contribution in [0.15, 0.2) is 46.9 Å². The molecule has 0 aliphatic rings. The first kappa shape index (κ1) is 14.8. The van der Waals surface area contributed by atoms with E-state index in [2.05, 4.69) is 27.2 Å². The van der Waals surface area contributed by atoms with Crippen molar-refractivity contribution < 1.29 is 4.74 Å². The van der Waals surface area contributed by atoms with Crippen LogP contribution in [-0.2, 0) is 6.54 Å². The van der Waals surface area contributed by atoms with E-state index in [4.69, 9.17) is 22.8 Å². The monoisotopic (exact) mass is 349 g/mol. The molecule has 0 spiro atoms. The molecule has 4 heteroatoms. The minimum atomic E-state index is 0.266. The summed E-state index contributed by atoms with van der Waals surface area (Å²) < 4.78 is 6.44. The van der Waals surface area contributed by atoms with Crippen LogP contribution in [-0.4, -0.2) is 6.61 Å². The fourth-order valence-corrected chi connectivity index (χ4v) is 2.56. The van der Waals surface area contributed by atoms with Crippen molar-refractivity contribution in [1.29, 1.82) is 0 Å². The highest BCUT2D eigenvalue weighted by Gasteiger charge is 2.04. The molecule has 2 aromatic carbocycles. The van der Waals surface area contributed by atoms with E-state index in [9.17, 15) is 0 Å². The maximum atomic E-state index is 5.92. The van der Waals surface area contributed by atoms with Crippen LogP contribution < -0.4 is 10.1 Å². The highest BCUT2D eigenvalue weighted by Crippen LogP contribution is 2.27. The van der Waals surface area contributed by atoms with Crippen molar-refractivity contribution in [3.63, 3.8) is 0 Å². The van der Waals surface area contributed by atoms with Gasteiger partial charge in [0.25, 0.3) is 0 Å². The van der Waals surface area contributed by atoms with Gasteiger partial charge in [-0.3, -0.25) is 0 Å². The van der Waals surface area contributed by atoms with Crippen LogP contribution in [0.4, 0.5) is 5.69 Å². The lowest BCUT2D eigenvalue weighted by atomic mass is 10.2. The van der Waals surface area contributed by atoms with E-state index in [-0.39, 0.29) is 6.61 Å². The topological polar surface area (TPSA) is 21.3 Å². The Morgan fingerprint density at radius 1 is 1.25 bits per heavy atom. The van der Waals surface area contributed by atoms with E-state index >= 15 is 0 Å². The molecule has 0 aromatic heterocycles. The van der Waals surface area contributed by atoms with E-state index < -0.39 is 0 Å². The molecule has 20 heavy (non-hydrogen) atoms. The fraction of sp³-hybridized carbons (Fsp3) is 0.125. The quantitative estimate of drug-likeness (QED) is 0.787. The highest BCUT2D eigenvalue weighted by molar-refractivity contribution is 9.10. The maximum absolute atomic E-state index is 5.92. The number of nitrogens with one attached hydrogen (secondary N) is 1. The number of hydrogen-bond donors (Lipinski definition) is 1. The number of para-hydroxylation sites is 1. The van der Waals surface area contributed by atoms with Crippen molar-refractivity contribution in [2.24, 2.45) is 0 Å². The first-order valence-corrected chi connectivity index (χ1v) is 7.21. The lowest BCUT2D eigenvalue weighted by Gasteiger charge is -2.12. The zero-order valence-electron chi connectivity index (χ0n) is 10.7. The van der Waals surface area contributed by atoms with Gasteiger partial charge in [-0.05, 0) is 40.2 Å². The van der Waals surface area contributed by atoms with Crippen LogP contribution in [0.25, 0.3) is 0 Å². The number of ether oxygens (including phenoxy) is 1. The standard InChI is InChI=1S/C16H13BrClNO/c1-2-9-20-16-6-4-3-5-12(16)11-19-15-8-7-13(18)10-14(15)17/h1,3-8,10,19H,9,11H2. The molecule has 2 nitrogen and oxygen atoms in total. The van der Waals surface area contributed by atoms with Crippen LogP contribution in [0, 0.1) is 12.3 Å². The first-order valence-electron chi connectivity index (χ1n) is 6.04. The molecule has 0 atom stereocenters. The molecule has 2 aromatic rings. The lowest BCUT2D eigenvalue weighted by Crippen LogP contribution is -2.04. The molecule has 0 heterocycles. The molecule has 0 bridgehead atoms. The fourth-order valence-electron chi connectivity index (χ4n) is 1.73. The molecule has 1 N–H and O–H groups in total. The molecule has 0 aliphatic carbocycles. The van der Waals surface area contributed by atoms with Gasteiger partial charge in [0.2, 0.25) is 0 Å². The average molecular weight is 351 g/mol. The van der Waals surface area contributed by atoms with Gasteiger partial charge in [-0.2, -0.15) is 0 Å². The second-order valence-corrected chi connectivity index (χ2v) is 5.37. The third-order valence-electron chi connectivity index (χ3n) is 2.68. The number of halogens is 2. The van der Waals surface area contributed by atoms with Crippen molar-refractivity contribution in [1.82, 2.24) is 0 Å². The van der Waals surface area contributed by atoms with E-state index in [1.165, 1.54) is 0 Å². The van der Waals surface area contributed by atoms with Gasteiger partial charge in [0, 0.05) is 27.3 Å². The van der Waals surface area contributed by atoms with Crippen LogP contribution in [0.1, 0.15) is 5.56 Å². The largest absolute Gasteiger partial charge is 0.481 e. The number of rotatable bonds is 5. The SMILES string of the molecule is C#CCOc1ccccc1CNc1ccc(Cl)cc1Br. The lowest BCUT2D eigenvalue weighted by molar-refractivity contribution is 0.366. The molecule has 2 rings (SSSR count). The first-order chi connectivity index (χ1) is 9.70. The molecule has 0 fully saturated rings. The molecule has 0 saturated heterocycles. The minimum Gasteiger partial charge on any atom is -0.481 e. The van der Waals surface area contributed by atoms with Crippen molar-refractivity contribution >= 4 is 33.2 Å². The predicted octanol–water partition coefficient (Wildman–Crippen LogP) is 4.73. The summed E-state index contributed by atoms with van der Waals surface area (Å²) in [5, 5.41) is 4.03. The summed E-state index contributed by atoms with van der Waals surface area (Å²) in [5.74, 6) is 3.26. The van der Waals surface area contributed by atoms with Gasteiger partial charge in [0.15, 0.2) is 0 Å². The summed E-state index contributed by atoms with van der Waals surface area (Å²) in [6.07, 6.45) is 5.22. The molecule has 0 aliphatic heterocycles. The summed E-state index contributed by atoms with van der Waals surface area (Å²) in [7, 11) is 0. The Labute approximate surface area is 132 Å². The predicted molar refractivity (Wildman–Crippen MR) is 87.2 cm³/mol. The Bertz CT molecular complexity index is 637. The normalized spacial score (nSPS) is 9.85. The summed E-state index contributed by atoms with van der Waals surface area (Å²) in [5.41, 5.74) is 2.02. The zero-order chi connectivity index (χ0) is 14.4. The molecule has 0 saturated carbocycles. The number of terminal acetylenes is 1. The van der Waals surface area contributed by atoms with Gasteiger partial charge in [-0.15, -0.1) is 6.42 Å². The zero-order valence-corrected chi connectivity index (χ0v) is 13.0. The summed E-state index contributed by atoms with van der Waals surface area (Å²) in [6.45, 7) is 0.905. The second kappa shape index (κ2) is 7.23. The average Bonchev–Trinajstić information content (AvgIpc) is 2.45.